The summed E-state index contributed by atoms with van der Waals surface area (Å²) in [7, 11) is 4.00. The lowest BCUT2D eigenvalue weighted by Gasteiger charge is -2.28. The van der Waals surface area contributed by atoms with E-state index in [1.54, 1.807) is 0 Å². The number of carbonyl (C=O) groups is 1. The standard InChI is InChI=1S/C19H26N4OS/c1-14-18(25-17(20-14)13-22(2)3)19(24)21-15-7-9-16(10-8-15)23-11-5-4-6-12-23/h7-10H,4-6,11-13H2,1-3H3,(H,21,24). The Morgan fingerprint density at radius 3 is 2.52 bits per heavy atom. The highest BCUT2D eigenvalue weighted by Gasteiger charge is 2.16. The number of piperidine rings is 1. The number of aromatic nitrogens is 1. The number of nitrogens with one attached hydrogen (secondary N) is 1. The molecule has 25 heavy (non-hydrogen) atoms. The number of carbonyl (C=O) groups excluding carboxylic acids is 1. The molecule has 0 unspecified atom stereocenters. The van der Waals surface area contributed by atoms with Crippen molar-refractivity contribution in [3.63, 3.8) is 0 Å². The molecule has 1 amide bonds. The van der Waals surface area contributed by atoms with E-state index in [2.05, 4.69) is 32.2 Å². The van der Waals surface area contributed by atoms with E-state index < -0.39 is 0 Å². The summed E-state index contributed by atoms with van der Waals surface area (Å²) in [6, 6.07) is 8.16. The number of hydrogen-bond acceptors (Lipinski definition) is 5. The summed E-state index contributed by atoms with van der Waals surface area (Å²) in [5.41, 5.74) is 2.86. The van der Waals surface area contributed by atoms with Crippen LogP contribution < -0.4 is 10.2 Å². The van der Waals surface area contributed by atoms with Crippen LogP contribution in [0, 0.1) is 6.92 Å². The molecule has 6 heteroatoms. The van der Waals surface area contributed by atoms with Gasteiger partial charge in [-0.05, 0) is 64.5 Å². The second-order valence-electron chi connectivity index (χ2n) is 6.81. The van der Waals surface area contributed by atoms with E-state index >= 15 is 0 Å². The van der Waals surface area contributed by atoms with Gasteiger partial charge in [-0.2, -0.15) is 0 Å². The van der Waals surface area contributed by atoms with Gasteiger partial charge in [-0.1, -0.05) is 0 Å². The van der Waals surface area contributed by atoms with E-state index in [0.29, 0.717) is 4.88 Å². The van der Waals surface area contributed by atoms with Crippen LogP contribution in [0.5, 0.6) is 0 Å². The highest BCUT2D eigenvalue weighted by Crippen LogP contribution is 2.24. The van der Waals surface area contributed by atoms with E-state index in [0.717, 1.165) is 36.0 Å². The molecule has 1 fully saturated rings. The summed E-state index contributed by atoms with van der Waals surface area (Å²) >= 11 is 1.47. The van der Waals surface area contributed by atoms with Gasteiger partial charge < -0.3 is 15.1 Å². The Balaban J connectivity index is 1.65. The molecule has 0 radical (unpaired) electrons. The van der Waals surface area contributed by atoms with Crippen molar-refractivity contribution >= 4 is 28.6 Å². The summed E-state index contributed by atoms with van der Waals surface area (Å²) in [6.45, 7) is 4.90. The van der Waals surface area contributed by atoms with Crippen LogP contribution in [-0.4, -0.2) is 43.0 Å². The molecular formula is C19H26N4OS. The zero-order valence-corrected chi connectivity index (χ0v) is 16.0. The predicted octanol–water partition coefficient (Wildman–Crippen LogP) is 3.76. The van der Waals surface area contributed by atoms with Crippen LogP contribution in [-0.2, 0) is 6.54 Å². The van der Waals surface area contributed by atoms with Gasteiger partial charge in [-0.25, -0.2) is 4.98 Å². The highest BCUT2D eigenvalue weighted by molar-refractivity contribution is 7.13. The number of anilines is 2. The Bertz CT molecular complexity index is 718. The van der Waals surface area contributed by atoms with E-state index in [-0.39, 0.29) is 5.91 Å². The molecule has 1 aliphatic rings. The minimum Gasteiger partial charge on any atom is -0.372 e. The topological polar surface area (TPSA) is 48.5 Å². The lowest BCUT2D eigenvalue weighted by Crippen LogP contribution is -2.29. The van der Waals surface area contributed by atoms with Crippen molar-refractivity contribution in [1.29, 1.82) is 0 Å². The second-order valence-corrected chi connectivity index (χ2v) is 7.89. The molecule has 1 aromatic heterocycles. The normalized spacial score (nSPS) is 14.8. The van der Waals surface area contributed by atoms with Crippen molar-refractivity contribution < 1.29 is 4.79 Å². The summed E-state index contributed by atoms with van der Waals surface area (Å²) < 4.78 is 0. The Morgan fingerprint density at radius 2 is 1.88 bits per heavy atom. The SMILES string of the molecule is Cc1nc(CN(C)C)sc1C(=O)Nc1ccc(N2CCCCC2)cc1. The van der Waals surface area contributed by atoms with Crippen LogP contribution >= 0.6 is 11.3 Å². The first-order valence-corrected chi connectivity index (χ1v) is 9.62. The van der Waals surface area contributed by atoms with Crippen molar-refractivity contribution in [3.05, 3.63) is 39.8 Å². The molecule has 1 N–H and O–H groups in total. The predicted molar refractivity (Wildman–Crippen MR) is 105 cm³/mol. The van der Waals surface area contributed by atoms with Crippen molar-refractivity contribution in [2.24, 2.45) is 0 Å². The fourth-order valence-electron chi connectivity index (χ4n) is 3.10. The number of aryl methyl sites for hydroxylation is 1. The van der Waals surface area contributed by atoms with Crippen molar-refractivity contribution in [2.75, 3.05) is 37.4 Å². The number of thiazole rings is 1. The van der Waals surface area contributed by atoms with Crippen LogP contribution in [0.2, 0.25) is 0 Å². The van der Waals surface area contributed by atoms with Gasteiger partial charge >= 0.3 is 0 Å². The van der Waals surface area contributed by atoms with E-state index in [4.69, 9.17) is 0 Å². The molecule has 2 heterocycles. The Kier molecular flexibility index (Phi) is 5.71. The van der Waals surface area contributed by atoms with Gasteiger partial charge in [0.2, 0.25) is 0 Å². The molecule has 2 aromatic rings. The largest absolute Gasteiger partial charge is 0.372 e. The molecule has 0 atom stereocenters. The lowest BCUT2D eigenvalue weighted by atomic mass is 10.1. The smallest absolute Gasteiger partial charge is 0.267 e. The third kappa shape index (κ3) is 4.58. The quantitative estimate of drug-likeness (QED) is 0.884. The van der Waals surface area contributed by atoms with Crippen molar-refractivity contribution in [2.45, 2.75) is 32.7 Å². The zero-order chi connectivity index (χ0) is 17.8. The molecule has 1 saturated heterocycles. The molecule has 1 aromatic carbocycles. The van der Waals surface area contributed by atoms with Gasteiger partial charge in [-0.15, -0.1) is 11.3 Å². The van der Waals surface area contributed by atoms with Crippen LogP contribution in [0.25, 0.3) is 0 Å². The zero-order valence-electron chi connectivity index (χ0n) is 15.2. The maximum absolute atomic E-state index is 12.6. The summed E-state index contributed by atoms with van der Waals surface area (Å²) in [6.07, 6.45) is 3.85. The Labute approximate surface area is 153 Å². The monoisotopic (exact) mass is 358 g/mol. The first-order chi connectivity index (χ1) is 12.0. The summed E-state index contributed by atoms with van der Waals surface area (Å²) in [4.78, 5) is 22.2. The van der Waals surface area contributed by atoms with Gasteiger partial charge in [0.05, 0.1) is 5.69 Å². The molecule has 134 valence electrons. The van der Waals surface area contributed by atoms with E-state index in [9.17, 15) is 4.79 Å². The molecule has 5 nitrogen and oxygen atoms in total. The molecule has 0 bridgehead atoms. The average Bonchev–Trinajstić information content (AvgIpc) is 2.96. The van der Waals surface area contributed by atoms with Crippen LogP contribution in [0.15, 0.2) is 24.3 Å². The lowest BCUT2D eigenvalue weighted by molar-refractivity contribution is 0.103. The fraction of sp³-hybridized carbons (Fsp3) is 0.474. The third-order valence-electron chi connectivity index (χ3n) is 4.34. The van der Waals surface area contributed by atoms with Crippen LogP contribution in [0.1, 0.15) is 39.6 Å². The van der Waals surface area contributed by atoms with Crippen molar-refractivity contribution in [3.8, 4) is 0 Å². The summed E-state index contributed by atoms with van der Waals surface area (Å²) in [5.74, 6) is -0.0780. The number of nitrogens with zero attached hydrogens (tertiary/aromatic N) is 3. The van der Waals surface area contributed by atoms with E-state index in [1.807, 2.05) is 33.2 Å². The molecule has 3 rings (SSSR count). The van der Waals surface area contributed by atoms with Crippen molar-refractivity contribution in [1.82, 2.24) is 9.88 Å². The maximum Gasteiger partial charge on any atom is 0.267 e. The third-order valence-corrected chi connectivity index (χ3v) is 5.49. The molecule has 1 aliphatic heterocycles. The second kappa shape index (κ2) is 7.97. The Hall–Kier alpha value is -1.92. The maximum atomic E-state index is 12.6. The van der Waals surface area contributed by atoms with E-state index in [1.165, 1.54) is 36.3 Å². The number of rotatable bonds is 5. The van der Waals surface area contributed by atoms with Crippen LogP contribution in [0.4, 0.5) is 11.4 Å². The number of benzene rings is 1. The van der Waals surface area contributed by atoms with Gasteiger partial charge in [0.1, 0.15) is 9.88 Å². The average molecular weight is 359 g/mol. The molecule has 0 saturated carbocycles. The first-order valence-electron chi connectivity index (χ1n) is 8.80. The molecule has 0 aliphatic carbocycles. The van der Waals surface area contributed by atoms with Gasteiger partial charge in [0.15, 0.2) is 0 Å². The van der Waals surface area contributed by atoms with Gasteiger partial charge in [-0.3, -0.25) is 4.79 Å². The van der Waals surface area contributed by atoms with Gasteiger partial charge in [0.25, 0.3) is 5.91 Å². The summed E-state index contributed by atoms with van der Waals surface area (Å²) in [5, 5.41) is 3.96. The minimum atomic E-state index is -0.0780. The van der Waals surface area contributed by atoms with Gasteiger partial charge in [0, 0.05) is 31.0 Å². The first kappa shape index (κ1) is 17.9. The number of amides is 1. The fourth-order valence-corrected chi connectivity index (χ4v) is 4.17. The molecule has 0 spiro atoms. The molecular weight excluding hydrogens is 332 g/mol. The minimum absolute atomic E-state index is 0.0780. The highest BCUT2D eigenvalue weighted by atomic mass is 32.1. The number of hydrogen-bond donors (Lipinski definition) is 1. The van der Waals surface area contributed by atoms with Crippen LogP contribution in [0.3, 0.4) is 0 Å². The Morgan fingerprint density at radius 1 is 1.20 bits per heavy atom.